The van der Waals surface area contributed by atoms with Crippen LogP contribution in [0.25, 0.3) is 11.0 Å². The monoisotopic (exact) mass is 634 g/mol. The number of ether oxygens (including phenoxy) is 1. The fourth-order valence-electron chi connectivity index (χ4n) is 5.90. The average Bonchev–Trinajstić information content (AvgIpc) is 3.83. The Morgan fingerprint density at radius 1 is 0.977 bits per heavy atom. The molecule has 2 aliphatic rings. The predicted molar refractivity (Wildman–Crippen MR) is 181 cm³/mol. The van der Waals surface area contributed by atoms with E-state index in [9.17, 15) is 4.57 Å². The number of fused-ring (bicyclic) bond motifs is 1. The molecule has 12 heteroatoms. The number of piperazine rings is 1. The van der Waals surface area contributed by atoms with Crippen molar-refractivity contribution in [2.24, 2.45) is 0 Å². The lowest BCUT2D eigenvalue weighted by Gasteiger charge is -2.43. The maximum atomic E-state index is 13.4. The summed E-state index contributed by atoms with van der Waals surface area (Å²) in [6.45, 7) is 14.3. The zero-order valence-corrected chi connectivity index (χ0v) is 27.8. The Kier molecular flexibility index (Phi) is 8.20. The van der Waals surface area contributed by atoms with Gasteiger partial charge in [0.2, 0.25) is 5.95 Å². The van der Waals surface area contributed by atoms with Crippen LogP contribution in [0, 0.1) is 0 Å². The Balaban J connectivity index is 1.30. The quantitative estimate of drug-likeness (QED) is 0.205. The topological polar surface area (TPSA) is 108 Å². The highest BCUT2D eigenvalue weighted by Gasteiger charge is 2.32. The van der Waals surface area contributed by atoms with Crippen LogP contribution in [-0.2, 0) is 4.57 Å². The Bertz CT molecular complexity index is 1740. The summed E-state index contributed by atoms with van der Waals surface area (Å²) >= 11 is 6.57. The molecule has 0 spiro atoms. The van der Waals surface area contributed by atoms with Gasteiger partial charge in [-0.15, -0.1) is 0 Å². The second-order valence-corrected chi connectivity index (χ2v) is 16.5. The van der Waals surface area contributed by atoms with Crippen LogP contribution in [0.3, 0.4) is 0 Å². The van der Waals surface area contributed by atoms with E-state index in [0.29, 0.717) is 44.7 Å². The van der Waals surface area contributed by atoms with E-state index in [1.54, 1.807) is 39.0 Å². The zero-order chi connectivity index (χ0) is 31.2. The van der Waals surface area contributed by atoms with Gasteiger partial charge < -0.3 is 24.8 Å². The molecule has 0 atom stereocenters. The molecule has 0 bridgehead atoms. The minimum atomic E-state index is -2.76. The van der Waals surface area contributed by atoms with Crippen molar-refractivity contribution < 1.29 is 9.30 Å². The summed E-state index contributed by atoms with van der Waals surface area (Å²) in [6.07, 6.45) is 7.14. The van der Waals surface area contributed by atoms with Gasteiger partial charge in [0.15, 0.2) is 5.82 Å². The Hall–Kier alpha value is -3.46. The molecule has 2 aromatic heterocycles. The van der Waals surface area contributed by atoms with Crippen molar-refractivity contribution in [1.82, 2.24) is 24.8 Å². The Morgan fingerprint density at radius 2 is 1.70 bits per heavy atom. The van der Waals surface area contributed by atoms with Crippen LogP contribution < -0.4 is 25.6 Å². The summed E-state index contributed by atoms with van der Waals surface area (Å²) < 4.78 is 19.3. The van der Waals surface area contributed by atoms with Gasteiger partial charge in [-0.25, -0.2) is 4.98 Å². The lowest BCUT2D eigenvalue weighted by molar-refractivity contribution is 0.128. The zero-order valence-electron chi connectivity index (χ0n) is 26.2. The molecule has 2 aromatic carbocycles. The summed E-state index contributed by atoms with van der Waals surface area (Å²) in [5.41, 5.74) is 5.42. The number of aromatic nitrogens is 4. The molecule has 1 saturated heterocycles. The first-order valence-electron chi connectivity index (χ1n) is 15.0. The molecule has 1 saturated carbocycles. The van der Waals surface area contributed by atoms with E-state index in [4.69, 9.17) is 21.3 Å². The van der Waals surface area contributed by atoms with Gasteiger partial charge in [-0.3, -0.25) is 14.9 Å². The van der Waals surface area contributed by atoms with Gasteiger partial charge in [0.05, 0.1) is 35.5 Å². The van der Waals surface area contributed by atoms with Gasteiger partial charge in [-0.2, -0.15) is 4.98 Å². The third kappa shape index (κ3) is 6.34. The number of anilines is 5. The second-order valence-electron chi connectivity index (χ2n) is 12.9. The Morgan fingerprint density at radius 3 is 2.36 bits per heavy atom. The number of benzene rings is 2. The number of hydrogen-bond donors (Lipinski definition) is 2. The maximum absolute atomic E-state index is 13.4. The Labute approximate surface area is 264 Å². The third-order valence-electron chi connectivity index (χ3n) is 8.33. The highest BCUT2D eigenvalue weighted by molar-refractivity contribution is 7.71. The lowest BCUT2D eigenvalue weighted by atomic mass is 10.0. The van der Waals surface area contributed by atoms with E-state index in [2.05, 4.69) is 68.3 Å². The molecule has 4 aromatic rings. The molecule has 1 aliphatic heterocycles. The maximum Gasteiger partial charge on any atom is 0.229 e. The van der Waals surface area contributed by atoms with Crippen LogP contribution in [0.1, 0.15) is 45.1 Å². The first-order chi connectivity index (χ1) is 20.9. The summed E-state index contributed by atoms with van der Waals surface area (Å²) in [5, 5.41) is 7.61. The second kappa shape index (κ2) is 11.8. The van der Waals surface area contributed by atoms with E-state index in [1.165, 1.54) is 24.1 Å². The fourth-order valence-corrected chi connectivity index (χ4v) is 7.43. The molecule has 0 radical (unpaired) electrons. The van der Waals surface area contributed by atoms with Gasteiger partial charge in [-0.05, 0) is 76.6 Å². The number of methoxy groups -OCH3 is 1. The number of nitrogens with zero attached hydrogens (tertiary/aromatic N) is 6. The van der Waals surface area contributed by atoms with E-state index in [0.717, 1.165) is 37.6 Å². The van der Waals surface area contributed by atoms with Crippen molar-refractivity contribution in [3.8, 4) is 5.75 Å². The summed E-state index contributed by atoms with van der Waals surface area (Å²) in [4.78, 5) is 23.1. The number of nitrogens with one attached hydrogen (secondary N) is 2. The van der Waals surface area contributed by atoms with Crippen LogP contribution in [-0.4, -0.2) is 77.0 Å². The van der Waals surface area contributed by atoms with Crippen molar-refractivity contribution in [3.63, 3.8) is 0 Å². The molecule has 2 fully saturated rings. The van der Waals surface area contributed by atoms with Crippen LogP contribution in [0.2, 0.25) is 5.02 Å². The van der Waals surface area contributed by atoms with Crippen LogP contribution in [0.4, 0.5) is 28.8 Å². The molecule has 10 nitrogen and oxygen atoms in total. The van der Waals surface area contributed by atoms with E-state index in [1.807, 2.05) is 12.1 Å². The average molecular weight is 635 g/mol. The van der Waals surface area contributed by atoms with E-state index >= 15 is 0 Å². The molecule has 2 N–H and O–H groups in total. The molecule has 44 heavy (non-hydrogen) atoms. The SMILES string of the molecule is COc1cc(N2CCN(C(C)(C)C)CC2)c(C2CC2)cc1Nc1ncc(Cl)c(Nc2ccc3nccnc3c2P(C)(C)=O)n1. The molecule has 0 amide bonds. The molecule has 6 rings (SSSR count). The summed E-state index contributed by atoms with van der Waals surface area (Å²) in [7, 11) is -1.07. The molecular formula is C32H40ClN8O2P. The normalized spacial score (nSPS) is 16.3. The van der Waals surface area contributed by atoms with Gasteiger partial charge >= 0.3 is 0 Å². The standard InChI is InChI=1S/C32H40ClN8O2P/c1-32(2,3)41-15-13-40(14-16-41)26-18-27(43-4)25(17-21(26)20-7-8-20)38-31-36-19-22(33)30(39-31)37-24-10-9-23-28(35-12-11-34-23)29(24)44(5,6)42/h9-12,17-20H,7-8,13-16H2,1-6H3,(H2,36,37,38,39). The van der Waals surface area contributed by atoms with Crippen molar-refractivity contribution in [3.05, 3.63) is 53.4 Å². The number of rotatable bonds is 8. The highest BCUT2D eigenvalue weighted by Crippen LogP contribution is 2.48. The fraction of sp³-hybridized carbons (Fsp3) is 0.438. The third-order valence-corrected chi connectivity index (χ3v) is 10.1. The van der Waals surface area contributed by atoms with Gasteiger partial charge in [-0.1, -0.05) is 11.6 Å². The first-order valence-corrected chi connectivity index (χ1v) is 18.0. The van der Waals surface area contributed by atoms with Crippen molar-refractivity contribution in [2.75, 3.05) is 62.2 Å². The molecule has 3 heterocycles. The molecule has 232 valence electrons. The minimum absolute atomic E-state index is 0.167. The summed E-state index contributed by atoms with van der Waals surface area (Å²) in [5.74, 6) is 2.01. The smallest absolute Gasteiger partial charge is 0.229 e. The van der Waals surface area contributed by atoms with E-state index < -0.39 is 7.14 Å². The van der Waals surface area contributed by atoms with Crippen molar-refractivity contribution in [2.45, 2.75) is 45.1 Å². The number of hydrogen-bond acceptors (Lipinski definition) is 10. The van der Waals surface area contributed by atoms with Gasteiger partial charge in [0.1, 0.15) is 23.4 Å². The van der Waals surface area contributed by atoms with Crippen LogP contribution in [0.5, 0.6) is 5.75 Å². The minimum Gasteiger partial charge on any atom is -0.494 e. The molecule has 1 aliphatic carbocycles. The van der Waals surface area contributed by atoms with Crippen molar-refractivity contribution in [1.29, 1.82) is 0 Å². The van der Waals surface area contributed by atoms with Crippen molar-refractivity contribution >= 4 is 63.9 Å². The lowest BCUT2D eigenvalue weighted by Crippen LogP contribution is -2.53. The van der Waals surface area contributed by atoms with Gasteiger partial charge in [0, 0.05) is 55.9 Å². The predicted octanol–water partition coefficient (Wildman–Crippen LogP) is 6.61. The first kappa shape index (κ1) is 30.6. The highest BCUT2D eigenvalue weighted by atomic mass is 35.5. The van der Waals surface area contributed by atoms with Crippen LogP contribution in [0.15, 0.2) is 42.9 Å². The van der Waals surface area contributed by atoms with E-state index in [-0.39, 0.29) is 5.54 Å². The molecule has 0 unspecified atom stereocenters. The largest absolute Gasteiger partial charge is 0.494 e. The molecular weight excluding hydrogens is 595 g/mol. The summed E-state index contributed by atoms with van der Waals surface area (Å²) in [6, 6.07) is 8.02. The van der Waals surface area contributed by atoms with Crippen LogP contribution >= 0.6 is 18.7 Å². The van der Waals surface area contributed by atoms with Gasteiger partial charge in [0.25, 0.3) is 0 Å². The number of halogens is 1.